The summed E-state index contributed by atoms with van der Waals surface area (Å²) in [5, 5.41) is 1.24. The van der Waals surface area contributed by atoms with E-state index in [2.05, 4.69) is 4.98 Å². The van der Waals surface area contributed by atoms with Crippen molar-refractivity contribution in [3.8, 4) is 11.4 Å². The van der Waals surface area contributed by atoms with Crippen LogP contribution in [0.25, 0.3) is 21.2 Å². The molecule has 2 aliphatic rings. The first kappa shape index (κ1) is 15.9. The van der Waals surface area contributed by atoms with Crippen molar-refractivity contribution < 1.29 is 13.9 Å². The second kappa shape index (κ2) is 5.86. The van der Waals surface area contributed by atoms with E-state index < -0.39 is 11.6 Å². The number of ether oxygens (including phenoxy) is 2. The molecule has 25 heavy (non-hydrogen) atoms. The average Bonchev–Trinajstić information content (AvgIpc) is 3.20. The first-order chi connectivity index (χ1) is 12.1. The zero-order valence-corrected chi connectivity index (χ0v) is 15.7. The molecule has 1 spiro atoms. The van der Waals surface area contributed by atoms with Gasteiger partial charge in [-0.25, -0.2) is 0 Å². The predicted octanol–water partition coefficient (Wildman–Crippen LogP) is 3.38. The summed E-state index contributed by atoms with van der Waals surface area (Å²) in [7, 11) is 0. The molecule has 0 amide bonds. The zero-order chi connectivity index (χ0) is 17.0. The number of hydrogen-bond donors (Lipinski definition) is 0. The first-order valence-corrected chi connectivity index (χ1v) is 10.2. The number of hydrogen-bond acceptors (Lipinski definition) is 4. The van der Waals surface area contributed by atoms with Crippen LogP contribution in [0.15, 0.2) is 24.4 Å². The van der Waals surface area contributed by atoms with E-state index in [0.717, 1.165) is 34.6 Å². The molecule has 1 aliphatic heterocycles. The number of rotatable bonds is 1. The minimum atomic E-state index is -0.435. The number of nitrogens with zero attached hydrogens (tertiary/aromatic N) is 2. The van der Waals surface area contributed by atoms with Gasteiger partial charge in [0.15, 0.2) is 0 Å². The van der Waals surface area contributed by atoms with Crippen LogP contribution in [0.5, 0.6) is 0 Å². The SMILES string of the molecule is Fc1ccc(-c2ncc3c4c([se]c3n2)CC2(CC4)OCCO2)cc1Cl. The molecule has 128 valence electrons. The van der Waals surface area contributed by atoms with Crippen LogP contribution in [0.1, 0.15) is 16.4 Å². The molecule has 0 unspecified atom stereocenters. The summed E-state index contributed by atoms with van der Waals surface area (Å²) in [6, 6.07) is 4.58. The Kier molecular flexibility index (Phi) is 3.73. The monoisotopic (exact) mass is 424 g/mol. The van der Waals surface area contributed by atoms with Crippen molar-refractivity contribution >= 4 is 35.9 Å². The van der Waals surface area contributed by atoms with Gasteiger partial charge in [0, 0.05) is 0 Å². The third kappa shape index (κ3) is 2.64. The van der Waals surface area contributed by atoms with Crippen molar-refractivity contribution in [1.82, 2.24) is 9.97 Å². The zero-order valence-electron chi connectivity index (χ0n) is 13.2. The maximum absolute atomic E-state index is 13.4. The van der Waals surface area contributed by atoms with E-state index in [1.54, 1.807) is 12.1 Å². The van der Waals surface area contributed by atoms with Crippen LogP contribution >= 0.6 is 11.6 Å². The van der Waals surface area contributed by atoms with Crippen molar-refractivity contribution in [1.29, 1.82) is 0 Å². The van der Waals surface area contributed by atoms with Crippen LogP contribution < -0.4 is 0 Å². The van der Waals surface area contributed by atoms with Gasteiger partial charge in [-0.05, 0) is 0 Å². The molecule has 2 aromatic heterocycles. The van der Waals surface area contributed by atoms with Crippen LogP contribution in [-0.2, 0) is 22.3 Å². The molecule has 3 aromatic rings. The number of aromatic nitrogens is 2. The quantitative estimate of drug-likeness (QED) is 0.563. The summed E-state index contributed by atoms with van der Waals surface area (Å²) < 4.78 is 27.6. The molecule has 0 atom stereocenters. The van der Waals surface area contributed by atoms with Crippen LogP contribution in [0.3, 0.4) is 0 Å². The van der Waals surface area contributed by atoms with Crippen LogP contribution in [0.2, 0.25) is 5.02 Å². The van der Waals surface area contributed by atoms with Crippen LogP contribution in [-0.4, -0.2) is 43.5 Å². The summed E-state index contributed by atoms with van der Waals surface area (Å²) in [4.78, 5) is 9.24. The Hall–Kier alpha value is -1.30. The molecule has 0 bridgehead atoms. The van der Waals surface area contributed by atoms with E-state index in [9.17, 15) is 4.39 Å². The molecule has 5 rings (SSSR count). The third-order valence-electron chi connectivity index (χ3n) is 4.81. The summed E-state index contributed by atoms with van der Waals surface area (Å²) >= 11 is 6.03. The summed E-state index contributed by atoms with van der Waals surface area (Å²) in [5.41, 5.74) is 2.09. The minimum absolute atomic E-state index is 0.0852. The van der Waals surface area contributed by atoms with Crippen LogP contribution in [0, 0.1) is 5.82 Å². The van der Waals surface area contributed by atoms with Crippen molar-refractivity contribution in [2.24, 2.45) is 0 Å². The van der Waals surface area contributed by atoms with Gasteiger partial charge in [-0.2, -0.15) is 0 Å². The van der Waals surface area contributed by atoms with E-state index in [4.69, 9.17) is 26.1 Å². The van der Waals surface area contributed by atoms with Gasteiger partial charge >= 0.3 is 155 Å². The molecule has 7 heteroatoms. The molecule has 0 radical (unpaired) electrons. The van der Waals surface area contributed by atoms with Gasteiger partial charge in [-0.3, -0.25) is 0 Å². The fourth-order valence-corrected chi connectivity index (χ4v) is 6.43. The fourth-order valence-electron chi connectivity index (χ4n) is 3.56. The van der Waals surface area contributed by atoms with Gasteiger partial charge in [0.25, 0.3) is 0 Å². The fraction of sp³-hybridized carbons (Fsp3) is 0.333. The first-order valence-electron chi connectivity index (χ1n) is 8.14. The van der Waals surface area contributed by atoms with Gasteiger partial charge in [-0.1, -0.05) is 0 Å². The van der Waals surface area contributed by atoms with E-state index in [1.807, 2.05) is 6.20 Å². The Morgan fingerprint density at radius 2 is 2.08 bits per heavy atom. The molecule has 0 saturated carbocycles. The molecule has 1 saturated heterocycles. The van der Waals surface area contributed by atoms with Crippen molar-refractivity contribution in [2.75, 3.05) is 13.2 Å². The Bertz CT molecular complexity index is 985. The van der Waals surface area contributed by atoms with E-state index in [1.165, 1.54) is 16.1 Å². The van der Waals surface area contributed by atoms with Crippen molar-refractivity contribution in [2.45, 2.75) is 25.0 Å². The molecule has 1 aliphatic carbocycles. The molecule has 1 fully saturated rings. The average molecular weight is 424 g/mol. The Morgan fingerprint density at radius 3 is 2.88 bits per heavy atom. The third-order valence-corrected chi connectivity index (χ3v) is 7.50. The maximum atomic E-state index is 13.4. The Morgan fingerprint density at radius 1 is 1.24 bits per heavy atom. The van der Waals surface area contributed by atoms with Crippen molar-refractivity contribution in [3.05, 3.63) is 45.2 Å². The standard InChI is InChI=1S/C18H14ClFN2O2Se/c19-13-7-10(1-2-14(13)20)16-21-9-12-11-3-4-18(23-5-6-24-18)8-15(11)25-17(12)22-16/h1-2,7,9H,3-6,8H2. The van der Waals surface area contributed by atoms with Crippen molar-refractivity contribution in [3.63, 3.8) is 0 Å². The van der Waals surface area contributed by atoms with Gasteiger partial charge in [0.1, 0.15) is 0 Å². The summed E-state index contributed by atoms with van der Waals surface area (Å²) in [6.45, 7) is 1.36. The normalized spacial score (nSPS) is 18.8. The van der Waals surface area contributed by atoms with Gasteiger partial charge in [0.2, 0.25) is 0 Å². The number of benzene rings is 1. The number of fused-ring (bicyclic) bond motifs is 3. The molecule has 3 heterocycles. The molecular formula is C18H14ClFN2O2Se. The number of halogens is 2. The van der Waals surface area contributed by atoms with E-state index >= 15 is 0 Å². The Balaban J connectivity index is 1.56. The molecule has 4 nitrogen and oxygen atoms in total. The second-order valence-corrected chi connectivity index (χ2v) is 9.01. The number of aryl methyl sites for hydroxylation is 1. The summed E-state index contributed by atoms with van der Waals surface area (Å²) in [6.07, 6.45) is 4.55. The van der Waals surface area contributed by atoms with E-state index in [-0.39, 0.29) is 19.5 Å². The second-order valence-electron chi connectivity index (χ2n) is 6.33. The predicted molar refractivity (Wildman–Crippen MR) is 93.5 cm³/mol. The molecule has 1 aromatic carbocycles. The molecular weight excluding hydrogens is 410 g/mol. The molecule has 0 N–H and O–H groups in total. The van der Waals surface area contributed by atoms with Gasteiger partial charge in [-0.15, -0.1) is 0 Å². The topological polar surface area (TPSA) is 44.2 Å². The summed E-state index contributed by atoms with van der Waals surface area (Å²) in [5.74, 6) is -0.260. The van der Waals surface area contributed by atoms with Gasteiger partial charge < -0.3 is 0 Å². The van der Waals surface area contributed by atoms with Gasteiger partial charge in [0.05, 0.1) is 0 Å². The van der Waals surface area contributed by atoms with E-state index in [0.29, 0.717) is 19.0 Å². The Labute approximate surface area is 154 Å². The van der Waals surface area contributed by atoms with Crippen LogP contribution in [0.4, 0.5) is 4.39 Å².